The number of benzene rings is 1. The van der Waals surface area contributed by atoms with E-state index < -0.39 is 24.2 Å². The molecule has 1 heterocycles. The van der Waals surface area contributed by atoms with Gasteiger partial charge in [0.25, 0.3) is 0 Å². The van der Waals surface area contributed by atoms with Crippen LogP contribution in [-0.2, 0) is 11.3 Å². The molecule has 1 saturated heterocycles. The highest BCUT2D eigenvalue weighted by molar-refractivity contribution is 5.85. The van der Waals surface area contributed by atoms with E-state index in [1.54, 1.807) is 4.90 Å². The van der Waals surface area contributed by atoms with Gasteiger partial charge in [-0.2, -0.15) is 0 Å². The molecule has 0 radical (unpaired) electrons. The highest BCUT2D eigenvalue weighted by atomic mass is 35.5. The molecular formula is C13H16ClF2NO2. The normalized spacial score (nSPS) is 23.3. The average molecular weight is 292 g/mol. The van der Waals surface area contributed by atoms with Gasteiger partial charge in [-0.3, -0.25) is 9.69 Å². The number of halogens is 3. The van der Waals surface area contributed by atoms with Gasteiger partial charge in [0.05, 0.1) is 5.92 Å². The Kier molecular flexibility index (Phi) is 5.69. The fourth-order valence-electron chi connectivity index (χ4n) is 2.40. The lowest BCUT2D eigenvalue weighted by Gasteiger charge is -2.15. The van der Waals surface area contributed by atoms with Crippen molar-refractivity contribution in [1.29, 1.82) is 0 Å². The molecule has 2 atom stereocenters. The van der Waals surface area contributed by atoms with Crippen LogP contribution in [0.1, 0.15) is 5.56 Å². The molecule has 0 aliphatic carbocycles. The number of alkyl halides is 2. The second-order valence-electron chi connectivity index (χ2n) is 4.62. The Labute approximate surface area is 116 Å². The SMILES string of the molecule is Cl.O=C(O)C1CN(Cc2ccccc2)CC1C(F)F. The quantitative estimate of drug-likeness (QED) is 0.927. The third kappa shape index (κ3) is 3.88. The zero-order valence-electron chi connectivity index (χ0n) is 10.2. The van der Waals surface area contributed by atoms with Crippen LogP contribution in [-0.4, -0.2) is 35.5 Å². The maximum absolute atomic E-state index is 12.8. The Bertz CT molecular complexity index is 416. The van der Waals surface area contributed by atoms with Crippen LogP contribution in [0.25, 0.3) is 0 Å². The second-order valence-corrected chi connectivity index (χ2v) is 4.62. The number of nitrogens with zero attached hydrogens (tertiary/aromatic N) is 1. The second kappa shape index (κ2) is 6.82. The highest BCUT2D eigenvalue weighted by Gasteiger charge is 2.42. The summed E-state index contributed by atoms with van der Waals surface area (Å²) in [6, 6.07) is 9.46. The van der Waals surface area contributed by atoms with E-state index in [1.807, 2.05) is 30.3 Å². The summed E-state index contributed by atoms with van der Waals surface area (Å²) in [5.74, 6) is -3.16. The predicted octanol–water partition coefficient (Wildman–Crippen LogP) is 2.51. The summed E-state index contributed by atoms with van der Waals surface area (Å²) in [6.07, 6.45) is -2.58. The Hall–Kier alpha value is -1.20. The van der Waals surface area contributed by atoms with Gasteiger partial charge < -0.3 is 5.11 Å². The number of likely N-dealkylation sites (tertiary alicyclic amines) is 1. The smallest absolute Gasteiger partial charge is 0.308 e. The summed E-state index contributed by atoms with van der Waals surface area (Å²) >= 11 is 0. The van der Waals surface area contributed by atoms with Crippen molar-refractivity contribution in [1.82, 2.24) is 4.90 Å². The molecule has 0 amide bonds. The minimum atomic E-state index is -2.58. The lowest BCUT2D eigenvalue weighted by atomic mass is 9.97. The monoisotopic (exact) mass is 291 g/mol. The summed E-state index contributed by atoms with van der Waals surface area (Å²) in [6.45, 7) is 0.858. The van der Waals surface area contributed by atoms with Crippen LogP contribution in [0.3, 0.4) is 0 Å². The van der Waals surface area contributed by atoms with Gasteiger partial charge in [0.2, 0.25) is 6.43 Å². The van der Waals surface area contributed by atoms with Crippen molar-refractivity contribution < 1.29 is 18.7 Å². The molecule has 0 bridgehead atoms. The first-order chi connectivity index (χ1) is 8.58. The van der Waals surface area contributed by atoms with Gasteiger partial charge in [-0.15, -0.1) is 12.4 Å². The molecule has 1 N–H and O–H groups in total. The lowest BCUT2D eigenvalue weighted by Crippen LogP contribution is -2.27. The molecule has 0 saturated carbocycles. The van der Waals surface area contributed by atoms with E-state index in [0.29, 0.717) is 6.54 Å². The van der Waals surface area contributed by atoms with E-state index in [2.05, 4.69) is 0 Å². The topological polar surface area (TPSA) is 40.5 Å². The first kappa shape index (κ1) is 15.9. The van der Waals surface area contributed by atoms with E-state index in [1.165, 1.54) is 0 Å². The van der Waals surface area contributed by atoms with Gasteiger partial charge in [0.1, 0.15) is 0 Å². The van der Waals surface area contributed by atoms with Gasteiger partial charge in [0, 0.05) is 25.6 Å². The van der Waals surface area contributed by atoms with Gasteiger partial charge in [-0.1, -0.05) is 30.3 Å². The van der Waals surface area contributed by atoms with Crippen LogP contribution in [0.4, 0.5) is 8.78 Å². The van der Waals surface area contributed by atoms with E-state index in [-0.39, 0.29) is 25.5 Å². The predicted molar refractivity (Wildman–Crippen MR) is 69.6 cm³/mol. The Balaban J connectivity index is 0.00000180. The average Bonchev–Trinajstić information content (AvgIpc) is 2.74. The van der Waals surface area contributed by atoms with Crippen molar-refractivity contribution in [2.45, 2.75) is 13.0 Å². The number of hydrogen-bond acceptors (Lipinski definition) is 2. The van der Waals surface area contributed by atoms with E-state index in [4.69, 9.17) is 5.11 Å². The maximum atomic E-state index is 12.8. The molecule has 1 aliphatic heterocycles. The standard InChI is InChI=1S/C13H15F2NO2.ClH/c14-12(15)10-7-16(8-11(10)13(17)18)6-9-4-2-1-3-5-9;/h1-5,10-12H,6-8H2,(H,17,18);1H. The van der Waals surface area contributed by atoms with Gasteiger partial charge in [-0.05, 0) is 5.56 Å². The molecule has 0 spiro atoms. The molecule has 6 heteroatoms. The Morgan fingerprint density at radius 3 is 2.42 bits per heavy atom. The van der Waals surface area contributed by atoms with Crippen LogP contribution in [0.15, 0.2) is 30.3 Å². The lowest BCUT2D eigenvalue weighted by molar-refractivity contribution is -0.144. The molecule has 2 rings (SSSR count). The number of carboxylic acids is 1. The van der Waals surface area contributed by atoms with E-state index in [9.17, 15) is 13.6 Å². The molecule has 1 fully saturated rings. The van der Waals surface area contributed by atoms with Crippen molar-refractivity contribution in [3.05, 3.63) is 35.9 Å². The largest absolute Gasteiger partial charge is 0.481 e. The molecule has 0 aromatic heterocycles. The van der Waals surface area contributed by atoms with Gasteiger partial charge in [0.15, 0.2) is 0 Å². The molecule has 3 nitrogen and oxygen atoms in total. The summed E-state index contributed by atoms with van der Waals surface area (Å²) in [7, 11) is 0. The molecule has 1 aromatic carbocycles. The van der Waals surface area contributed by atoms with E-state index >= 15 is 0 Å². The first-order valence-corrected chi connectivity index (χ1v) is 5.85. The third-order valence-corrected chi connectivity index (χ3v) is 3.33. The summed E-state index contributed by atoms with van der Waals surface area (Å²) in [5.41, 5.74) is 1.01. The number of carboxylic acid groups (broad SMARTS) is 1. The fourth-order valence-corrected chi connectivity index (χ4v) is 2.40. The fraction of sp³-hybridized carbons (Fsp3) is 0.462. The van der Waals surface area contributed by atoms with E-state index in [0.717, 1.165) is 5.56 Å². The highest BCUT2D eigenvalue weighted by Crippen LogP contribution is 2.29. The maximum Gasteiger partial charge on any atom is 0.308 e. The minimum absolute atomic E-state index is 0. The van der Waals surface area contributed by atoms with Crippen molar-refractivity contribution in [3.8, 4) is 0 Å². The Morgan fingerprint density at radius 2 is 1.95 bits per heavy atom. The van der Waals surface area contributed by atoms with Crippen LogP contribution in [0, 0.1) is 11.8 Å². The minimum Gasteiger partial charge on any atom is -0.481 e. The van der Waals surface area contributed by atoms with Crippen molar-refractivity contribution in [3.63, 3.8) is 0 Å². The summed E-state index contributed by atoms with van der Waals surface area (Å²) < 4.78 is 25.5. The third-order valence-electron chi connectivity index (χ3n) is 3.33. The number of rotatable bonds is 4. The van der Waals surface area contributed by atoms with Gasteiger partial charge >= 0.3 is 5.97 Å². The van der Waals surface area contributed by atoms with Crippen molar-refractivity contribution in [2.24, 2.45) is 11.8 Å². The number of hydrogen-bond donors (Lipinski definition) is 1. The van der Waals surface area contributed by atoms with Crippen LogP contribution >= 0.6 is 12.4 Å². The van der Waals surface area contributed by atoms with Crippen LogP contribution in [0.5, 0.6) is 0 Å². The summed E-state index contributed by atoms with van der Waals surface area (Å²) in [4.78, 5) is 12.7. The zero-order chi connectivity index (χ0) is 13.1. The number of carbonyl (C=O) groups is 1. The van der Waals surface area contributed by atoms with Crippen LogP contribution in [0.2, 0.25) is 0 Å². The molecule has 19 heavy (non-hydrogen) atoms. The zero-order valence-corrected chi connectivity index (χ0v) is 11.0. The molecule has 2 unspecified atom stereocenters. The molecule has 1 aromatic rings. The number of aliphatic carboxylic acids is 1. The van der Waals surface area contributed by atoms with Crippen molar-refractivity contribution >= 4 is 18.4 Å². The molecule has 1 aliphatic rings. The van der Waals surface area contributed by atoms with Gasteiger partial charge in [-0.25, -0.2) is 8.78 Å². The van der Waals surface area contributed by atoms with Crippen molar-refractivity contribution in [2.75, 3.05) is 13.1 Å². The Morgan fingerprint density at radius 1 is 1.32 bits per heavy atom. The molecule has 106 valence electrons. The first-order valence-electron chi connectivity index (χ1n) is 5.85. The summed E-state index contributed by atoms with van der Waals surface area (Å²) in [5, 5.41) is 8.96. The molecular weight excluding hydrogens is 276 g/mol. The van der Waals surface area contributed by atoms with Crippen LogP contribution < -0.4 is 0 Å².